The van der Waals surface area contributed by atoms with Gasteiger partial charge in [-0.05, 0) is 49.7 Å². The van der Waals surface area contributed by atoms with Gasteiger partial charge in [-0.2, -0.15) is 0 Å². The van der Waals surface area contributed by atoms with Crippen molar-refractivity contribution >= 4 is 45.7 Å². The number of amides is 2. The summed E-state index contributed by atoms with van der Waals surface area (Å²) in [6.07, 6.45) is 6.43. The summed E-state index contributed by atoms with van der Waals surface area (Å²) in [6, 6.07) is 7.82. The summed E-state index contributed by atoms with van der Waals surface area (Å²) in [4.78, 5) is 35.5. The molecule has 2 aromatic heterocycles. The topological polar surface area (TPSA) is 100 Å². The zero-order valence-corrected chi connectivity index (χ0v) is 23.1. The van der Waals surface area contributed by atoms with Crippen molar-refractivity contribution in [2.45, 2.75) is 55.5 Å². The van der Waals surface area contributed by atoms with Crippen molar-refractivity contribution in [2.24, 2.45) is 5.92 Å². The molecule has 3 heterocycles. The van der Waals surface area contributed by atoms with Gasteiger partial charge in [0, 0.05) is 23.6 Å². The summed E-state index contributed by atoms with van der Waals surface area (Å²) < 4.78 is 6.86. The van der Waals surface area contributed by atoms with Crippen molar-refractivity contribution in [1.82, 2.24) is 14.9 Å². The van der Waals surface area contributed by atoms with Gasteiger partial charge < -0.3 is 15.1 Å². The Morgan fingerprint density at radius 3 is 2.70 bits per heavy atom. The standard InChI is InChI=1S/C27H33N5O3S2/c1-5-22(33)30-20-8-6-7-18(13-20)16-32-11-9-19(10-12-32)25(34)31-26-29-15-24(37-26)36-17-23-28-14-21(35-23)27(2,3)4/h5-8,13-15,19H,1,9-12,16-17H2,2-4H3,(H,30,33)(H,29,31,34). The number of carbonyl (C=O) groups is 2. The first-order valence-electron chi connectivity index (χ1n) is 12.3. The van der Waals surface area contributed by atoms with E-state index in [1.54, 1.807) is 24.2 Å². The molecule has 2 amide bonds. The molecule has 0 radical (unpaired) electrons. The summed E-state index contributed by atoms with van der Waals surface area (Å²) in [6.45, 7) is 12.2. The SMILES string of the molecule is C=CC(=O)Nc1cccc(CN2CCC(C(=O)Nc3ncc(SCc4ncc(C(C)(C)C)o4)s3)CC2)c1. The van der Waals surface area contributed by atoms with Crippen LogP contribution >= 0.6 is 23.1 Å². The third kappa shape index (κ3) is 7.77. The highest BCUT2D eigenvalue weighted by Gasteiger charge is 2.26. The Balaban J connectivity index is 1.21. The van der Waals surface area contributed by atoms with Crippen LogP contribution in [-0.2, 0) is 27.3 Å². The molecule has 0 bridgehead atoms. The minimum absolute atomic E-state index is 0.0298. The minimum Gasteiger partial charge on any atom is -0.444 e. The van der Waals surface area contributed by atoms with E-state index in [9.17, 15) is 9.59 Å². The lowest BCUT2D eigenvalue weighted by Crippen LogP contribution is -2.37. The lowest BCUT2D eigenvalue weighted by molar-refractivity contribution is -0.121. The first-order chi connectivity index (χ1) is 17.7. The van der Waals surface area contributed by atoms with E-state index in [4.69, 9.17) is 4.42 Å². The van der Waals surface area contributed by atoms with Crippen LogP contribution in [0.2, 0.25) is 0 Å². The number of carbonyl (C=O) groups excluding carboxylic acids is 2. The molecule has 3 aromatic rings. The smallest absolute Gasteiger partial charge is 0.247 e. The fourth-order valence-electron chi connectivity index (χ4n) is 4.00. The number of hydrogen-bond donors (Lipinski definition) is 2. The zero-order valence-electron chi connectivity index (χ0n) is 21.5. The molecule has 2 N–H and O–H groups in total. The highest BCUT2D eigenvalue weighted by molar-refractivity contribution is 8.00. The summed E-state index contributed by atoms with van der Waals surface area (Å²) >= 11 is 3.07. The van der Waals surface area contributed by atoms with Crippen LogP contribution in [-0.4, -0.2) is 39.8 Å². The largest absolute Gasteiger partial charge is 0.444 e. The zero-order chi connectivity index (χ0) is 26.4. The van der Waals surface area contributed by atoms with Crippen LogP contribution in [0.1, 0.15) is 50.8 Å². The van der Waals surface area contributed by atoms with Gasteiger partial charge in [-0.15, -0.1) is 11.8 Å². The number of thiazole rings is 1. The fourth-order valence-corrected chi connectivity index (χ4v) is 5.73. The third-order valence-corrected chi connectivity index (χ3v) is 8.18. The molecule has 8 nitrogen and oxygen atoms in total. The molecule has 1 aromatic carbocycles. The van der Waals surface area contributed by atoms with Gasteiger partial charge in [0.25, 0.3) is 0 Å². The van der Waals surface area contributed by atoms with E-state index in [1.807, 2.05) is 24.3 Å². The average Bonchev–Trinajstić information content (AvgIpc) is 3.53. The van der Waals surface area contributed by atoms with Crippen molar-refractivity contribution in [1.29, 1.82) is 0 Å². The fraction of sp³-hybridized carbons (Fsp3) is 0.407. The predicted molar refractivity (Wildman–Crippen MR) is 149 cm³/mol. The third-order valence-electron chi connectivity index (χ3n) is 6.09. The molecular formula is C27H33N5O3S2. The summed E-state index contributed by atoms with van der Waals surface area (Å²) in [5, 5.41) is 6.42. The van der Waals surface area contributed by atoms with Crippen LogP contribution in [0.4, 0.5) is 10.8 Å². The molecule has 1 aliphatic heterocycles. The molecule has 1 saturated heterocycles. The first kappa shape index (κ1) is 27.1. The van der Waals surface area contributed by atoms with Gasteiger partial charge in [-0.25, -0.2) is 9.97 Å². The molecule has 0 aliphatic carbocycles. The number of piperidine rings is 1. The normalized spacial score (nSPS) is 14.9. The maximum atomic E-state index is 12.9. The maximum Gasteiger partial charge on any atom is 0.247 e. The molecule has 0 atom stereocenters. The number of nitrogens with zero attached hydrogens (tertiary/aromatic N) is 3. The van der Waals surface area contributed by atoms with E-state index in [0.717, 1.165) is 53.7 Å². The first-order valence-corrected chi connectivity index (χ1v) is 14.1. The minimum atomic E-state index is -0.223. The summed E-state index contributed by atoms with van der Waals surface area (Å²) in [5.74, 6) is 1.96. The second-order valence-corrected chi connectivity index (χ2v) is 12.4. The number of anilines is 2. The number of likely N-dealkylation sites (tertiary alicyclic amines) is 1. The van der Waals surface area contributed by atoms with Crippen LogP contribution in [0.15, 0.2) is 57.9 Å². The number of hydrogen-bond acceptors (Lipinski definition) is 8. The molecule has 37 heavy (non-hydrogen) atoms. The molecular weight excluding hydrogens is 506 g/mol. The van der Waals surface area contributed by atoms with Crippen molar-refractivity contribution in [3.8, 4) is 0 Å². The van der Waals surface area contributed by atoms with Crippen LogP contribution < -0.4 is 10.6 Å². The lowest BCUT2D eigenvalue weighted by Gasteiger charge is -2.31. The second kappa shape index (κ2) is 12.1. The maximum absolute atomic E-state index is 12.9. The Morgan fingerprint density at radius 1 is 1.22 bits per heavy atom. The van der Waals surface area contributed by atoms with Gasteiger partial charge in [0.15, 0.2) is 5.13 Å². The molecule has 196 valence electrons. The molecule has 1 fully saturated rings. The molecule has 1 aliphatic rings. The van der Waals surface area contributed by atoms with Gasteiger partial charge in [0.05, 0.1) is 22.4 Å². The van der Waals surface area contributed by atoms with Gasteiger partial charge in [-0.3, -0.25) is 14.5 Å². The van der Waals surface area contributed by atoms with E-state index >= 15 is 0 Å². The Bertz CT molecular complexity index is 1240. The predicted octanol–water partition coefficient (Wildman–Crippen LogP) is 5.70. The summed E-state index contributed by atoms with van der Waals surface area (Å²) in [7, 11) is 0. The Hall–Kier alpha value is -2.95. The van der Waals surface area contributed by atoms with Crippen molar-refractivity contribution in [3.05, 3.63) is 66.5 Å². The quantitative estimate of drug-likeness (QED) is 0.266. The molecule has 0 saturated carbocycles. The van der Waals surface area contributed by atoms with Crippen molar-refractivity contribution < 1.29 is 14.0 Å². The van der Waals surface area contributed by atoms with E-state index in [0.29, 0.717) is 16.8 Å². The van der Waals surface area contributed by atoms with Gasteiger partial charge >= 0.3 is 0 Å². The Morgan fingerprint density at radius 2 is 2.00 bits per heavy atom. The van der Waals surface area contributed by atoms with Gasteiger partial charge in [0.2, 0.25) is 17.7 Å². The van der Waals surface area contributed by atoms with Gasteiger partial charge in [-0.1, -0.05) is 50.8 Å². The van der Waals surface area contributed by atoms with E-state index in [1.165, 1.54) is 17.4 Å². The lowest BCUT2D eigenvalue weighted by atomic mass is 9.94. The Labute approximate surface area is 226 Å². The number of nitrogens with one attached hydrogen (secondary N) is 2. The Kier molecular flexibility index (Phi) is 8.83. The van der Waals surface area contributed by atoms with Gasteiger partial charge in [0.1, 0.15) is 5.76 Å². The van der Waals surface area contributed by atoms with Crippen molar-refractivity contribution in [2.75, 3.05) is 23.7 Å². The number of rotatable bonds is 9. The number of thioether (sulfide) groups is 1. The average molecular weight is 540 g/mol. The van der Waals surface area contributed by atoms with Crippen LogP contribution in [0.3, 0.4) is 0 Å². The number of oxazole rings is 1. The van der Waals surface area contributed by atoms with E-state index < -0.39 is 0 Å². The highest BCUT2D eigenvalue weighted by atomic mass is 32.2. The van der Waals surface area contributed by atoms with Crippen molar-refractivity contribution in [3.63, 3.8) is 0 Å². The molecule has 10 heteroatoms. The monoisotopic (exact) mass is 539 g/mol. The van der Waals surface area contributed by atoms with E-state index in [2.05, 4.69) is 52.9 Å². The molecule has 0 unspecified atom stereocenters. The number of aromatic nitrogens is 2. The molecule has 4 rings (SSSR count). The summed E-state index contributed by atoms with van der Waals surface area (Å²) in [5.41, 5.74) is 1.81. The van der Waals surface area contributed by atoms with Crippen LogP contribution in [0, 0.1) is 5.92 Å². The molecule has 0 spiro atoms. The highest BCUT2D eigenvalue weighted by Crippen LogP contribution is 2.32. The van der Waals surface area contributed by atoms with Crippen LogP contribution in [0.5, 0.6) is 0 Å². The second-order valence-electron chi connectivity index (χ2n) is 10.1. The van der Waals surface area contributed by atoms with Crippen LogP contribution in [0.25, 0.3) is 0 Å². The number of benzene rings is 1. The van der Waals surface area contributed by atoms with E-state index in [-0.39, 0.29) is 23.1 Å².